The molecule has 0 aromatic heterocycles. The number of amides is 2. The lowest BCUT2D eigenvalue weighted by atomic mass is 9.77. The molecule has 2 unspecified atom stereocenters. The zero-order valence-electron chi connectivity index (χ0n) is 20.8. The maximum atomic E-state index is 13.4. The third kappa shape index (κ3) is 4.64. The summed E-state index contributed by atoms with van der Waals surface area (Å²) in [5.74, 6) is -1.38. The Hall–Kier alpha value is -3.35. The molecule has 1 aliphatic carbocycles. The highest BCUT2D eigenvalue weighted by molar-refractivity contribution is 5.88. The van der Waals surface area contributed by atoms with Crippen LogP contribution in [0.3, 0.4) is 0 Å². The van der Waals surface area contributed by atoms with Crippen molar-refractivity contribution >= 4 is 18.0 Å². The molecule has 0 radical (unpaired) electrons. The van der Waals surface area contributed by atoms with Gasteiger partial charge in [0.1, 0.15) is 12.6 Å². The van der Waals surface area contributed by atoms with Crippen LogP contribution in [-0.4, -0.2) is 53.2 Å². The number of alkyl carbamates (subject to hydrolysis) is 1. The van der Waals surface area contributed by atoms with Gasteiger partial charge in [0.05, 0.1) is 5.41 Å². The quantitative estimate of drug-likeness (QED) is 0.604. The molecule has 0 spiro atoms. The number of ether oxygens (including phenoxy) is 1. The first-order chi connectivity index (χ1) is 16.6. The van der Waals surface area contributed by atoms with Crippen LogP contribution in [0.1, 0.15) is 57.6 Å². The molecule has 1 fully saturated rings. The lowest BCUT2D eigenvalue weighted by Crippen LogP contribution is -2.57. The maximum absolute atomic E-state index is 13.4. The van der Waals surface area contributed by atoms with Crippen LogP contribution in [0.5, 0.6) is 0 Å². The third-order valence-corrected chi connectivity index (χ3v) is 7.41. The number of rotatable bonds is 7. The lowest BCUT2D eigenvalue weighted by molar-refractivity contribution is -0.153. The number of hydrogen-bond acceptors (Lipinski definition) is 4. The van der Waals surface area contributed by atoms with Crippen molar-refractivity contribution in [3.63, 3.8) is 0 Å². The van der Waals surface area contributed by atoms with E-state index in [2.05, 4.69) is 29.6 Å². The molecule has 1 saturated heterocycles. The Morgan fingerprint density at radius 1 is 1.06 bits per heavy atom. The number of likely N-dealkylation sites (tertiary alicyclic amines) is 1. The van der Waals surface area contributed by atoms with Gasteiger partial charge in [-0.3, -0.25) is 4.79 Å². The van der Waals surface area contributed by atoms with E-state index >= 15 is 0 Å². The average Bonchev–Trinajstić information content (AvgIpc) is 3.44. The molecule has 2 aromatic carbocycles. The number of carboxylic acid groups (broad SMARTS) is 1. The van der Waals surface area contributed by atoms with E-state index in [1.165, 1.54) is 4.90 Å². The van der Waals surface area contributed by atoms with Crippen molar-refractivity contribution in [2.45, 2.75) is 58.5 Å². The van der Waals surface area contributed by atoms with Crippen molar-refractivity contribution in [3.05, 3.63) is 59.7 Å². The highest BCUT2D eigenvalue weighted by Crippen LogP contribution is 2.44. The van der Waals surface area contributed by atoms with Gasteiger partial charge in [-0.1, -0.05) is 62.4 Å². The fourth-order valence-electron chi connectivity index (χ4n) is 5.72. The van der Waals surface area contributed by atoms with Gasteiger partial charge in [-0.15, -0.1) is 0 Å². The number of carbonyl (C=O) groups is 3. The topological polar surface area (TPSA) is 95.9 Å². The Bertz CT molecular complexity index is 1080. The van der Waals surface area contributed by atoms with Crippen molar-refractivity contribution in [3.8, 4) is 11.1 Å². The molecule has 186 valence electrons. The number of hydrogen-bond donors (Lipinski definition) is 2. The van der Waals surface area contributed by atoms with Crippen LogP contribution in [0.4, 0.5) is 4.79 Å². The fourth-order valence-corrected chi connectivity index (χ4v) is 5.72. The third-order valence-electron chi connectivity index (χ3n) is 7.41. The first-order valence-corrected chi connectivity index (χ1v) is 12.3. The molecule has 7 heteroatoms. The predicted octanol–water partition coefficient (Wildman–Crippen LogP) is 4.65. The van der Waals surface area contributed by atoms with E-state index < -0.39 is 29.6 Å². The van der Waals surface area contributed by atoms with Crippen molar-refractivity contribution in [2.24, 2.45) is 11.3 Å². The Labute approximate surface area is 206 Å². The molecule has 2 aromatic rings. The van der Waals surface area contributed by atoms with Gasteiger partial charge in [-0.05, 0) is 54.9 Å². The Morgan fingerprint density at radius 2 is 1.63 bits per heavy atom. The van der Waals surface area contributed by atoms with Crippen molar-refractivity contribution < 1.29 is 24.2 Å². The number of nitrogens with one attached hydrogen (secondary N) is 1. The average molecular weight is 479 g/mol. The summed E-state index contributed by atoms with van der Waals surface area (Å²) in [6.07, 6.45) is 0.525. The van der Waals surface area contributed by atoms with Gasteiger partial charge in [0, 0.05) is 18.5 Å². The molecular weight excluding hydrogens is 444 g/mol. The summed E-state index contributed by atoms with van der Waals surface area (Å²) in [6.45, 7) is 7.99. The van der Waals surface area contributed by atoms with E-state index in [0.29, 0.717) is 19.4 Å². The summed E-state index contributed by atoms with van der Waals surface area (Å²) < 4.78 is 5.71. The van der Waals surface area contributed by atoms with Gasteiger partial charge < -0.3 is 20.1 Å². The van der Waals surface area contributed by atoms with Crippen LogP contribution in [0.2, 0.25) is 0 Å². The number of benzene rings is 2. The smallest absolute Gasteiger partial charge is 0.407 e. The molecule has 35 heavy (non-hydrogen) atoms. The number of nitrogens with zero attached hydrogens (tertiary/aromatic N) is 1. The highest BCUT2D eigenvalue weighted by atomic mass is 16.5. The lowest BCUT2D eigenvalue weighted by Gasteiger charge is -2.39. The van der Waals surface area contributed by atoms with Gasteiger partial charge in [0.25, 0.3) is 0 Å². The van der Waals surface area contributed by atoms with Crippen molar-refractivity contribution in [2.75, 3.05) is 13.2 Å². The van der Waals surface area contributed by atoms with Gasteiger partial charge in [0.2, 0.25) is 5.91 Å². The first-order valence-electron chi connectivity index (χ1n) is 12.3. The Kier molecular flexibility index (Phi) is 6.88. The minimum atomic E-state index is -1.00. The molecule has 2 atom stereocenters. The SMILES string of the molecule is CC(C)C(NC(=O)OCC1c2ccccc2-c2ccccc21)C(C)(C)C(=O)N1CCCC1C(=O)O. The predicted molar refractivity (Wildman–Crippen MR) is 133 cm³/mol. The molecule has 0 bridgehead atoms. The van der Waals surface area contributed by atoms with Crippen LogP contribution in [0.15, 0.2) is 48.5 Å². The van der Waals surface area contributed by atoms with E-state index in [1.807, 2.05) is 38.1 Å². The summed E-state index contributed by atoms with van der Waals surface area (Å²) in [5, 5.41) is 12.4. The highest BCUT2D eigenvalue weighted by Gasteiger charge is 2.46. The largest absolute Gasteiger partial charge is 0.480 e. The van der Waals surface area contributed by atoms with Gasteiger partial charge in [-0.25, -0.2) is 9.59 Å². The normalized spacial score (nSPS) is 18.2. The molecule has 2 N–H and O–H groups in total. The molecule has 4 rings (SSSR count). The minimum Gasteiger partial charge on any atom is -0.480 e. The summed E-state index contributed by atoms with van der Waals surface area (Å²) in [6, 6.07) is 14.9. The second-order valence-electron chi connectivity index (χ2n) is 10.4. The molecule has 2 amide bonds. The Morgan fingerprint density at radius 3 is 2.17 bits per heavy atom. The second kappa shape index (κ2) is 9.72. The molecule has 1 heterocycles. The molecule has 0 saturated carbocycles. The number of aliphatic carboxylic acids is 1. The molecule has 2 aliphatic rings. The Balaban J connectivity index is 1.46. The second-order valence-corrected chi connectivity index (χ2v) is 10.4. The van der Waals surface area contributed by atoms with Gasteiger partial charge in [0.15, 0.2) is 0 Å². The van der Waals surface area contributed by atoms with Crippen LogP contribution >= 0.6 is 0 Å². The monoisotopic (exact) mass is 478 g/mol. The zero-order valence-corrected chi connectivity index (χ0v) is 20.8. The van der Waals surface area contributed by atoms with E-state index in [1.54, 1.807) is 13.8 Å². The standard InChI is InChI=1S/C28H34N2O5/c1-17(2)24(28(3,4)26(33)30-15-9-14-23(30)25(31)32)29-27(34)35-16-22-20-12-7-5-10-18(20)19-11-6-8-13-21(19)22/h5-8,10-13,17,22-24H,9,14-16H2,1-4H3,(H,29,34)(H,31,32). The first kappa shape index (κ1) is 24.8. The zero-order chi connectivity index (χ0) is 25.3. The maximum Gasteiger partial charge on any atom is 0.407 e. The van der Waals surface area contributed by atoms with Crippen LogP contribution < -0.4 is 5.32 Å². The summed E-state index contributed by atoms with van der Waals surface area (Å²) >= 11 is 0. The summed E-state index contributed by atoms with van der Waals surface area (Å²) in [7, 11) is 0. The van der Waals surface area contributed by atoms with Gasteiger partial charge >= 0.3 is 12.1 Å². The number of fused-ring (bicyclic) bond motifs is 3. The van der Waals surface area contributed by atoms with Crippen LogP contribution in [0.25, 0.3) is 11.1 Å². The number of carboxylic acids is 1. The van der Waals surface area contributed by atoms with E-state index in [0.717, 1.165) is 22.3 Å². The molecular formula is C28H34N2O5. The molecule has 7 nitrogen and oxygen atoms in total. The van der Waals surface area contributed by atoms with Crippen molar-refractivity contribution in [1.29, 1.82) is 0 Å². The van der Waals surface area contributed by atoms with Gasteiger partial charge in [-0.2, -0.15) is 0 Å². The summed E-state index contributed by atoms with van der Waals surface area (Å²) in [4.78, 5) is 39.4. The fraction of sp³-hybridized carbons (Fsp3) is 0.464. The molecule has 1 aliphatic heterocycles. The summed E-state index contributed by atoms with van der Waals surface area (Å²) in [5.41, 5.74) is 3.57. The van der Waals surface area contributed by atoms with E-state index in [-0.39, 0.29) is 24.3 Å². The van der Waals surface area contributed by atoms with Crippen LogP contribution in [0, 0.1) is 11.3 Å². The van der Waals surface area contributed by atoms with Crippen LogP contribution in [-0.2, 0) is 14.3 Å². The van der Waals surface area contributed by atoms with Crippen molar-refractivity contribution in [1.82, 2.24) is 10.2 Å². The number of carbonyl (C=O) groups excluding carboxylic acids is 2. The van der Waals surface area contributed by atoms with E-state index in [9.17, 15) is 19.5 Å². The minimum absolute atomic E-state index is 0.0544. The van der Waals surface area contributed by atoms with E-state index in [4.69, 9.17) is 4.74 Å².